The predicted octanol–water partition coefficient (Wildman–Crippen LogP) is 3.11. The monoisotopic (exact) mass is 240 g/mol. The standard InChI is InChI=1S/C15H12O3/c1-11(16)12-7-9-13(10-8-12)15(17)18-14-5-3-2-4-6-14/h2-10H,1H3. The molecule has 0 atom stereocenters. The number of esters is 1. The number of benzene rings is 2. The topological polar surface area (TPSA) is 43.4 Å². The molecule has 0 spiro atoms. The van der Waals surface area contributed by atoms with Crippen LogP contribution in [0.2, 0.25) is 0 Å². The number of ketones is 1. The molecule has 0 unspecified atom stereocenters. The van der Waals surface area contributed by atoms with E-state index in [-0.39, 0.29) is 5.78 Å². The second-order valence-electron chi connectivity index (χ2n) is 3.84. The molecule has 2 aromatic carbocycles. The Morgan fingerprint density at radius 3 is 1.94 bits per heavy atom. The Morgan fingerprint density at radius 1 is 0.833 bits per heavy atom. The van der Waals surface area contributed by atoms with E-state index in [1.165, 1.54) is 6.92 Å². The van der Waals surface area contributed by atoms with Crippen molar-refractivity contribution in [2.45, 2.75) is 6.92 Å². The van der Waals surface area contributed by atoms with Crippen molar-refractivity contribution in [1.82, 2.24) is 0 Å². The molecule has 0 amide bonds. The number of rotatable bonds is 3. The maximum Gasteiger partial charge on any atom is 0.343 e. The first kappa shape index (κ1) is 12.0. The molecule has 0 radical (unpaired) electrons. The number of ether oxygens (including phenoxy) is 1. The number of carbonyl (C=O) groups is 2. The zero-order valence-electron chi connectivity index (χ0n) is 9.92. The fourth-order valence-electron chi connectivity index (χ4n) is 1.50. The minimum absolute atomic E-state index is 0.0297. The molecule has 0 N–H and O–H groups in total. The van der Waals surface area contributed by atoms with Gasteiger partial charge in [-0.3, -0.25) is 4.79 Å². The molecule has 2 aromatic rings. The fourth-order valence-corrected chi connectivity index (χ4v) is 1.50. The summed E-state index contributed by atoms with van der Waals surface area (Å²) in [5.74, 6) is 0.0347. The summed E-state index contributed by atoms with van der Waals surface area (Å²) < 4.78 is 5.18. The Balaban J connectivity index is 2.12. The lowest BCUT2D eigenvalue weighted by molar-refractivity contribution is 0.0734. The van der Waals surface area contributed by atoms with Crippen LogP contribution < -0.4 is 4.74 Å². The van der Waals surface area contributed by atoms with Crippen LogP contribution in [0.5, 0.6) is 5.75 Å². The number of Topliss-reactive ketones (excluding diaryl/α,β-unsaturated/α-hetero) is 1. The van der Waals surface area contributed by atoms with E-state index in [1.807, 2.05) is 6.07 Å². The van der Waals surface area contributed by atoms with Crippen LogP contribution in [-0.2, 0) is 0 Å². The number of carbonyl (C=O) groups excluding carboxylic acids is 2. The Kier molecular flexibility index (Phi) is 3.53. The number of para-hydroxylation sites is 1. The molecule has 18 heavy (non-hydrogen) atoms. The minimum atomic E-state index is -0.434. The van der Waals surface area contributed by atoms with Crippen molar-refractivity contribution in [2.24, 2.45) is 0 Å². The van der Waals surface area contributed by atoms with Crippen molar-refractivity contribution < 1.29 is 14.3 Å². The molecule has 3 heteroatoms. The van der Waals surface area contributed by atoms with E-state index in [0.717, 1.165) is 0 Å². The van der Waals surface area contributed by atoms with Crippen LogP contribution in [0.4, 0.5) is 0 Å². The molecule has 0 aliphatic carbocycles. The van der Waals surface area contributed by atoms with E-state index in [1.54, 1.807) is 48.5 Å². The van der Waals surface area contributed by atoms with Crippen LogP contribution in [0.3, 0.4) is 0 Å². The number of hydrogen-bond donors (Lipinski definition) is 0. The van der Waals surface area contributed by atoms with Gasteiger partial charge in [-0.25, -0.2) is 4.79 Å². The van der Waals surface area contributed by atoms with Crippen molar-refractivity contribution in [3.63, 3.8) is 0 Å². The first-order valence-electron chi connectivity index (χ1n) is 5.55. The maximum atomic E-state index is 11.8. The van der Waals surface area contributed by atoms with Gasteiger partial charge in [0.25, 0.3) is 0 Å². The highest BCUT2D eigenvalue weighted by Crippen LogP contribution is 2.12. The Labute approximate surface area is 105 Å². The molecule has 0 heterocycles. The SMILES string of the molecule is CC(=O)c1ccc(C(=O)Oc2ccccc2)cc1. The zero-order valence-corrected chi connectivity index (χ0v) is 9.92. The zero-order chi connectivity index (χ0) is 13.0. The van der Waals surface area contributed by atoms with E-state index in [0.29, 0.717) is 16.9 Å². The third-order valence-electron chi connectivity index (χ3n) is 2.48. The quantitative estimate of drug-likeness (QED) is 0.470. The van der Waals surface area contributed by atoms with Crippen LogP contribution in [0.1, 0.15) is 27.6 Å². The van der Waals surface area contributed by atoms with Crippen LogP contribution in [0.15, 0.2) is 54.6 Å². The lowest BCUT2D eigenvalue weighted by Crippen LogP contribution is -2.08. The first-order valence-corrected chi connectivity index (χ1v) is 5.55. The van der Waals surface area contributed by atoms with Gasteiger partial charge in [-0.1, -0.05) is 30.3 Å². The molecule has 0 saturated heterocycles. The average Bonchev–Trinajstić information content (AvgIpc) is 2.40. The molecule has 90 valence electrons. The largest absolute Gasteiger partial charge is 0.423 e. The van der Waals surface area contributed by atoms with Crippen molar-refractivity contribution in [2.75, 3.05) is 0 Å². The smallest absolute Gasteiger partial charge is 0.343 e. The summed E-state index contributed by atoms with van der Waals surface area (Å²) in [6.07, 6.45) is 0. The van der Waals surface area contributed by atoms with E-state index in [4.69, 9.17) is 4.74 Å². The van der Waals surface area contributed by atoms with Crippen molar-refractivity contribution in [1.29, 1.82) is 0 Å². The van der Waals surface area contributed by atoms with Gasteiger partial charge in [0, 0.05) is 5.56 Å². The summed E-state index contributed by atoms with van der Waals surface area (Å²) in [6.45, 7) is 1.48. The Hall–Kier alpha value is -2.42. The summed E-state index contributed by atoms with van der Waals surface area (Å²) in [6, 6.07) is 15.3. The molecule has 0 bridgehead atoms. The highest BCUT2D eigenvalue weighted by Gasteiger charge is 2.08. The Morgan fingerprint density at radius 2 is 1.39 bits per heavy atom. The molecule has 0 saturated carbocycles. The van der Waals surface area contributed by atoms with Gasteiger partial charge in [-0.05, 0) is 31.2 Å². The van der Waals surface area contributed by atoms with Crippen molar-refractivity contribution in [3.05, 3.63) is 65.7 Å². The summed E-state index contributed by atoms with van der Waals surface area (Å²) >= 11 is 0. The second kappa shape index (κ2) is 5.27. The molecule has 0 fully saturated rings. The summed E-state index contributed by atoms with van der Waals surface area (Å²) in [7, 11) is 0. The van der Waals surface area contributed by atoms with Gasteiger partial charge in [0.1, 0.15) is 5.75 Å². The highest BCUT2D eigenvalue weighted by atomic mass is 16.5. The van der Waals surface area contributed by atoms with Crippen LogP contribution in [-0.4, -0.2) is 11.8 Å². The highest BCUT2D eigenvalue weighted by molar-refractivity contribution is 5.96. The van der Waals surface area contributed by atoms with Gasteiger partial charge in [-0.2, -0.15) is 0 Å². The normalized spacial score (nSPS) is 9.83. The lowest BCUT2D eigenvalue weighted by Gasteiger charge is -2.04. The maximum absolute atomic E-state index is 11.8. The van der Waals surface area contributed by atoms with E-state index < -0.39 is 5.97 Å². The van der Waals surface area contributed by atoms with Gasteiger partial charge >= 0.3 is 5.97 Å². The molecule has 2 rings (SSSR count). The summed E-state index contributed by atoms with van der Waals surface area (Å²) in [4.78, 5) is 22.9. The van der Waals surface area contributed by atoms with E-state index in [2.05, 4.69) is 0 Å². The van der Waals surface area contributed by atoms with Crippen LogP contribution in [0.25, 0.3) is 0 Å². The van der Waals surface area contributed by atoms with Crippen molar-refractivity contribution >= 4 is 11.8 Å². The third-order valence-corrected chi connectivity index (χ3v) is 2.48. The summed E-state index contributed by atoms with van der Waals surface area (Å²) in [5.41, 5.74) is 0.995. The Bertz CT molecular complexity index is 556. The van der Waals surface area contributed by atoms with Gasteiger partial charge in [0.15, 0.2) is 5.78 Å². The fraction of sp³-hybridized carbons (Fsp3) is 0.0667. The number of hydrogen-bond acceptors (Lipinski definition) is 3. The third kappa shape index (κ3) is 2.83. The van der Waals surface area contributed by atoms with Gasteiger partial charge in [-0.15, -0.1) is 0 Å². The molecule has 0 aromatic heterocycles. The minimum Gasteiger partial charge on any atom is -0.423 e. The second-order valence-corrected chi connectivity index (χ2v) is 3.84. The summed E-state index contributed by atoms with van der Waals surface area (Å²) in [5, 5.41) is 0. The lowest BCUT2D eigenvalue weighted by atomic mass is 10.1. The van der Waals surface area contributed by atoms with E-state index in [9.17, 15) is 9.59 Å². The van der Waals surface area contributed by atoms with Crippen LogP contribution >= 0.6 is 0 Å². The molecular weight excluding hydrogens is 228 g/mol. The molecular formula is C15H12O3. The molecule has 3 nitrogen and oxygen atoms in total. The first-order chi connectivity index (χ1) is 8.66. The average molecular weight is 240 g/mol. The van der Waals surface area contributed by atoms with Gasteiger partial charge < -0.3 is 4.74 Å². The van der Waals surface area contributed by atoms with Gasteiger partial charge in [0.2, 0.25) is 0 Å². The van der Waals surface area contributed by atoms with Gasteiger partial charge in [0.05, 0.1) is 5.56 Å². The van der Waals surface area contributed by atoms with Crippen molar-refractivity contribution in [3.8, 4) is 5.75 Å². The molecule has 0 aliphatic rings. The van der Waals surface area contributed by atoms with Crippen LogP contribution in [0, 0.1) is 0 Å². The van der Waals surface area contributed by atoms with E-state index >= 15 is 0 Å². The predicted molar refractivity (Wildman–Crippen MR) is 67.8 cm³/mol. The molecule has 0 aliphatic heterocycles.